The van der Waals surface area contributed by atoms with Crippen LogP contribution in [0.4, 0.5) is 0 Å². The number of aromatic nitrogens is 1. The van der Waals surface area contributed by atoms with E-state index in [1.165, 1.54) is 0 Å². The second-order valence-corrected chi connectivity index (χ2v) is 5.30. The molecule has 1 amide bonds. The Balaban J connectivity index is 1.76. The number of carbonyl (C=O) groups is 1. The lowest BCUT2D eigenvalue weighted by atomic mass is 10.1. The summed E-state index contributed by atoms with van der Waals surface area (Å²) in [6, 6.07) is 14.7. The number of hydrogen-bond donors (Lipinski definition) is 1. The van der Waals surface area contributed by atoms with Gasteiger partial charge in [0.2, 0.25) is 0 Å². The van der Waals surface area contributed by atoms with Crippen LogP contribution in [0, 0.1) is 6.92 Å². The number of rotatable bonds is 4. The first-order valence-corrected chi connectivity index (χ1v) is 7.51. The van der Waals surface area contributed by atoms with Crippen LogP contribution in [0.2, 0.25) is 0 Å². The molecule has 5 nitrogen and oxygen atoms in total. The molecule has 0 aliphatic rings. The number of nitrogens with one attached hydrogen (secondary N) is 1. The van der Waals surface area contributed by atoms with Gasteiger partial charge in [-0.15, -0.1) is 0 Å². The molecule has 3 rings (SSSR count). The highest BCUT2D eigenvalue weighted by atomic mass is 16.5. The molecule has 2 aromatic carbocycles. The highest BCUT2D eigenvalue weighted by Crippen LogP contribution is 2.18. The molecular weight excluding hydrogens is 302 g/mol. The Morgan fingerprint density at radius 3 is 2.71 bits per heavy atom. The van der Waals surface area contributed by atoms with Gasteiger partial charge in [0.05, 0.1) is 18.8 Å². The number of aryl methyl sites for hydroxylation is 1. The molecule has 5 heteroatoms. The summed E-state index contributed by atoms with van der Waals surface area (Å²) in [7, 11) is 1.58. The first-order valence-electron chi connectivity index (χ1n) is 7.51. The zero-order valence-electron chi connectivity index (χ0n) is 13.5. The average Bonchev–Trinajstić information content (AvgIpc) is 2.64. The number of benzene rings is 2. The second-order valence-electron chi connectivity index (χ2n) is 5.30. The topological polar surface area (TPSA) is 63.6 Å². The molecule has 0 saturated heterocycles. The van der Waals surface area contributed by atoms with Crippen LogP contribution >= 0.6 is 0 Å². The number of pyridine rings is 1. The summed E-state index contributed by atoms with van der Waals surface area (Å²) in [4.78, 5) is 16.5. The third kappa shape index (κ3) is 3.25. The van der Waals surface area contributed by atoms with E-state index in [9.17, 15) is 4.79 Å². The van der Waals surface area contributed by atoms with Crippen LogP contribution in [0.5, 0.6) is 5.75 Å². The fourth-order valence-corrected chi connectivity index (χ4v) is 2.42. The van der Waals surface area contributed by atoms with Crippen molar-refractivity contribution in [3.05, 3.63) is 71.4 Å². The number of carbonyl (C=O) groups excluding carboxylic acids is 1. The molecule has 24 heavy (non-hydrogen) atoms. The summed E-state index contributed by atoms with van der Waals surface area (Å²) in [6.45, 7) is 2.02. The fraction of sp³-hybridized carbons (Fsp3) is 0.105. The van der Waals surface area contributed by atoms with Crippen molar-refractivity contribution < 1.29 is 9.53 Å². The lowest BCUT2D eigenvalue weighted by Crippen LogP contribution is -2.17. The van der Waals surface area contributed by atoms with Gasteiger partial charge in [-0.25, -0.2) is 5.43 Å². The van der Waals surface area contributed by atoms with E-state index in [0.717, 1.165) is 22.0 Å². The molecule has 0 spiro atoms. The summed E-state index contributed by atoms with van der Waals surface area (Å²) in [5, 5.41) is 5.06. The van der Waals surface area contributed by atoms with Crippen molar-refractivity contribution in [2.75, 3.05) is 7.11 Å². The number of hydrogen-bond acceptors (Lipinski definition) is 4. The van der Waals surface area contributed by atoms with E-state index in [4.69, 9.17) is 4.74 Å². The smallest absolute Gasteiger partial charge is 0.271 e. The summed E-state index contributed by atoms with van der Waals surface area (Å²) in [6.07, 6.45) is 3.40. The molecule has 0 unspecified atom stereocenters. The number of fused-ring (bicyclic) bond motifs is 1. The number of amides is 1. The van der Waals surface area contributed by atoms with E-state index < -0.39 is 0 Å². The highest BCUT2D eigenvalue weighted by Gasteiger charge is 2.05. The highest BCUT2D eigenvalue weighted by molar-refractivity contribution is 6.00. The maximum atomic E-state index is 12.1. The Bertz CT molecular complexity index is 902. The van der Waals surface area contributed by atoms with Crippen molar-refractivity contribution in [3.8, 4) is 5.75 Å². The number of hydrazone groups is 1. The Hall–Kier alpha value is -3.21. The molecule has 0 atom stereocenters. The molecular formula is C19H17N3O2. The van der Waals surface area contributed by atoms with Crippen molar-refractivity contribution in [1.29, 1.82) is 0 Å². The molecule has 0 aliphatic carbocycles. The molecule has 1 aromatic heterocycles. The summed E-state index contributed by atoms with van der Waals surface area (Å²) in [5.41, 5.74) is 5.99. The van der Waals surface area contributed by atoms with Crippen molar-refractivity contribution in [3.63, 3.8) is 0 Å². The fourth-order valence-electron chi connectivity index (χ4n) is 2.42. The molecule has 3 aromatic rings. The number of nitrogens with zero attached hydrogens (tertiary/aromatic N) is 2. The van der Waals surface area contributed by atoms with E-state index in [0.29, 0.717) is 11.3 Å². The zero-order chi connectivity index (χ0) is 16.9. The Labute approximate surface area is 140 Å². The number of methoxy groups -OCH3 is 1. The average molecular weight is 319 g/mol. The van der Waals surface area contributed by atoms with E-state index in [2.05, 4.69) is 15.5 Å². The minimum atomic E-state index is -0.275. The van der Waals surface area contributed by atoms with Gasteiger partial charge in [0.1, 0.15) is 5.75 Å². The van der Waals surface area contributed by atoms with Crippen molar-refractivity contribution in [1.82, 2.24) is 10.4 Å². The van der Waals surface area contributed by atoms with Crippen LogP contribution in [-0.2, 0) is 0 Å². The monoisotopic (exact) mass is 319 g/mol. The third-order valence-corrected chi connectivity index (χ3v) is 3.73. The molecule has 0 fully saturated rings. The van der Waals surface area contributed by atoms with Crippen LogP contribution < -0.4 is 10.2 Å². The van der Waals surface area contributed by atoms with Gasteiger partial charge in [-0.05, 0) is 42.8 Å². The molecule has 0 bridgehead atoms. The zero-order valence-corrected chi connectivity index (χ0v) is 13.5. The Morgan fingerprint density at radius 1 is 1.17 bits per heavy atom. The van der Waals surface area contributed by atoms with E-state index in [1.807, 2.05) is 31.2 Å². The molecule has 1 heterocycles. The van der Waals surface area contributed by atoms with Crippen LogP contribution in [0.1, 0.15) is 21.5 Å². The van der Waals surface area contributed by atoms with E-state index in [-0.39, 0.29) is 5.91 Å². The summed E-state index contributed by atoms with van der Waals surface area (Å²) < 4.78 is 5.07. The van der Waals surface area contributed by atoms with Crippen molar-refractivity contribution in [2.24, 2.45) is 5.10 Å². The predicted molar refractivity (Wildman–Crippen MR) is 94.5 cm³/mol. The first kappa shape index (κ1) is 15.7. The quantitative estimate of drug-likeness (QED) is 0.593. The van der Waals surface area contributed by atoms with Crippen LogP contribution in [0.3, 0.4) is 0 Å². The standard InChI is InChI=1S/C19H17N3O2/c1-13-5-6-15(17-4-3-11-20-18(13)17)12-21-22-19(23)14-7-9-16(24-2)10-8-14/h3-12H,1-2H3,(H,22,23)/b21-12+. The summed E-state index contributed by atoms with van der Waals surface area (Å²) in [5.74, 6) is 0.428. The van der Waals surface area contributed by atoms with Crippen LogP contribution in [-0.4, -0.2) is 24.2 Å². The van der Waals surface area contributed by atoms with E-state index >= 15 is 0 Å². The lowest BCUT2D eigenvalue weighted by molar-refractivity contribution is 0.0955. The Kier molecular flexibility index (Phi) is 4.52. The molecule has 0 saturated carbocycles. The largest absolute Gasteiger partial charge is 0.497 e. The van der Waals surface area contributed by atoms with Gasteiger partial charge >= 0.3 is 0 Å². The second kappa shape index (κ2) is 6.91. The minimum Gasteiger partial charge on any atom is -0.497 e. The van der Waals surface area contributed by atoms with Gasteiger partial charge in [-0.2, -0.15) is 5.10 Å². The van der Waals surface area contributed by atoms with E-state index in [1.54, 1.807) is 43.8 Å². The normalized spacial score (nSPS) is 10.9. The third-order valence-electron chi connectivity index (χ3n) is 3.73. The van der Waals surface area contributed by atoms with Crippen molar-refractivity contribution >= 4 is 23.0 Å². The lowest BCUT2D eigenvalue weighted by Gasteiger charge is -2.04. The minimum absolute atomic E-state index is 0.275. The van der Waals surface area contributed by atoms with Crippen molar-refractivity contribution in [2.45, 2.75) is 6.92 Å². The van der Waals surface area contributed by atoms with Gasteiger partial charge in [0.25, 0.3) is 5.91 Å². The van der Waals surface area contributed by atoms with Gasteiger partial charge in [-0.1, -0.05) is 18.2 Å². The molecule has 1 N–H and O–H groups in total. The maximum absolute atomic E-state index is 12.1. The predicted octanol–water partition coefficient (Wildman–Crippen LogP) is 3.32. The summed E-state index contributed by atoms with van der Waals surface area (Å²) >= 11 is 0. The van der Waals surface area contributed by atoms with Gasteiger partial charge in [0, 0.05) is 22.7 Å². The molecule has 0 aliphatic heterocycles. The van der Waals surface area contributed by atoms with Gasteiger partial charge in [0.15, 0.2) is 0 Å². The van der Waals surface area contributed by atoms with Crippen LogP contribution in [0.25, 0.3) is 10.9 Å². The van der Waals surface area contributed by atoms with Gasteiger partial charge < -0.3 is 4.74 Å². The van der Waals surface area contributed by atoms with Gasteiger partial charge in [-0.3, -0.25) is 9.78 Å². The first-order chi connectivity index (χ1) is 11.7. The molecule has 120 valence electrons. The SMILES string of the molecule is COc1ccc(C(=O)N/N=C/c2ccc(C)c3ncccc23)cc1. The molecule has 0 radical (unpaired) electrons. The maximum Gasteiger partial charge on any atom is 0.271 e. The Morgan fingerprint density at radius 2 is 1.96 bits per heavy atom. The van der Waals surface area contributed by atoms with Crippen LogP contribution in [0.15, 0.2) is 59.8 Å². The number of ether oxygens (including phenoxy) is 1.